The highest BCUT2D eigenvalue weighted by atomic mass is 16.4. The number of rotatable bonds is 10. The van der Waals surface area contributed by atoms with Crippen molar-refractivity contribution in [3.63, 3.8) is 0 Å². The van der Waals surface area contributed by atoms with Crippen molar-refractivity contribution in [3.05, 3.63) is 108 Å². The van der Waals surface area contributed by atoms with Crippen LogP contribution in [0.4, 0.5) is 0 Å². The molecule has 0 spiro atoms. The molecule has 4 aromatic rings. The summed E-state index contributed by atoms with van der Waals surface area (Å²) in [6.07, 6.45) is 3.06. The van der Waals surface area contributed by atoms with Gasteiger partial charge < -0.3 is 25.2 Å². The number of amides is 3. The van der Waals surface area contributed by atoms with Gasteiger partial charge in [-0.15, -0.1) is 0 Å². The molecule has 1 saturated heterocycles. The van der Waals surface area contributed by atoms with Crippen molar-refractivity contribution < 1.29 is 24.3 Å². The van der Waals surface area contributed by atoms with E-state index in [4.69, 9.17) is 5.11 Å². The third-order valence-electron chi connectivity index (χ3n) is 7.19. The first kappa shape index (κ1) is 26.7. The number of likely N-dealkylation sites (tertiary alicyclic amines) is 1. The second-order valence-corrected chi connectivity index (χ2v) is 9.82. The SMILES string of the molecule is O=C(O)CNC(=O)c1ccc(CNC(=O)C(c2ccccc2)N2C(=O)CCC2Cn2ccc3ccccc32)cc1. The summed E-state index contributed by atoms with van der Waals surface area (Å²) in [5.41, 5.74) is 2.91. The summed E-state index contributed by atoms with van der Waals surface area (Å²) < 4.78 is 2.14. The van der Waals surface area contributed by atoms with Crippen molar-refractivity contribution >= 4 is 34.6 Å². The zero-order valence-electron chi connectivity index (χ0n) is 21.8. The third kappa shape index (κ3) is 5.88. The standard InChI is InChI=1S/C31H30N4O5/c36-27-15-14-25(20-34-17-16-22-6-4-5-9-26(22)34)35(27)29(23-7-2-1-3-8-23)31(40)32-18-21-10-12-24(13-11-21)30(39)33-19-28(37)38/h1-13,16-17,25,29H,14-15,18-20H2,(H,32,40)(H,33,39)(H,37,38). The molecule has 1 aliphatic rings. The van der Waals surface area contributed by atoms with Crippen molar-refractivity contribution in [1.29, 1.82) is 0 Å². The minimum absolute atomic E-state index is 0.0535. The maximum absolute atomic E-state index is 13.7. The Bertz CT molecular complexity index is 1530. The average molecular weight is 539 g/mol. The van der Waals surface area contributed by atoms with Crippen LogP contribution in [0.25, 0.3) is 10.9 Å². The van der Waals surface area contributed by atoms with Crippen LogP contribution in [0.2, 0.25) is 0 Å². The highest BCUT2D eigenvalue weighted by Crippen LogP contribution is 2.32. The normalized spacial score (nSPS) is 15.7. The molecule has 5 rings (SSSR count). The number of carboxylic acid groups (broad SMARTS) is 1. The zero-order chi connectivity index (χ0) is 28.1. The Kier molecular flexibility index (Phi) is 7.91. The number of hydrogen-bond acceptors (Lipinski definition) is 4. The van der Waals surface area contributed by atoms with E-state index >= 15 is 0 Å². The van der Waals surface area contributed by atoms with Gasteiger partial charge in [-0.3, -0.25) is 19.2 Å². The lowest BCUT2D eigenvalue weighted by Crippen LogP contribution is -2.46. The first-order chi connectivity index (χ1) is 19.4. The van der Waals surface area contributed by atoms with Crippen LogP contribution in [0, 0.1) is 0 Å². The van der Waals surface area contributed by atoms with Crippen molar-refractivity contribution in [2.75, 3.05) is 6.54 Å². The molecule has 2 heterocycles. The third-order valence-corrected chi connectivity index (χ3v) is 7.19. The van der Waals surface area contributed by atoms with Gasteiger partial charge >= 0.3 is 5.97 Å². The summed E-state index contributed by atoms with van der Waals surface area (Å²) in [5.74, 6) is -1.95. The van der Waals surface area contributed by atoms with Crippen LogP contribution >= 0.6 is 0 Å². The number of hydrogen-bond donors (Lipinski definition) is 3. The Labute approximate surface area is 231 Å². The molecular formula is C31H30N4O5. The van der Waals surface area contributed by atoms with Crippen LogP contribution in [-0.4, -0.2) is 50.9 Å². The Balaban J connectivity index is 1.33. The van der Waals surface area contributed by atoms with E-state index in [-0.39, 0.29) is 24.4 Å². The van der Waals surface area contributed by atoms with Crippen LogP contribution in [0.1, 0.15) is 40.4 Å². The number of carbonyl (C=O) groups is 4. The van der Waals surface area contributed by atoms with Crippen molar-refractivity contribution in [2.24, 2.45) is 0 Å². The van der Waals surface area contributed by atoms with E-state index in [1.54, 1.807) is 29.2 Å². The molecule has 3 amide bonds. The predicted molar refractivity (Wildman–Crippen MR) is 149 cm³/mol. The smallest absolute Gasteiger partial charge is 0.322 e. The van der Waals surface area contributed by atoms with Gasteiger partial charge in [-0.05, 0) is 47.2 Å². The quantitative estimate of drug-likeness (QED) is 0.285. The number of fused-ring (bicyclic) bond motifs is 1. The molecule has 1 aliphatic heterocycles. The molecule has 0 aliphatic carbocycles. The average Bonchev–Trinajstić information content (AvgIpc) is 3.55. The van der Waals surface area contributed by atoms with Gasteiger partial charge in [-0.1, -0.05) is 60.7 Å². The maximum atomic E-state index is 13.7. The molecule has 204 valence electrons. The van der Waals surface area contributed by atoms with E-state index in [1.165, 1.54) is 0 Å². The van der Waals surface area contributed by atoms with Gasteiger partial charge in [0.2, 0.25) is 11.8 Å². The minimum Gasteiger partial charge on any atom is -0.480 e. The van der Waals surface area contributed by atoms with E-state index in [0.29, 0.717) is 24.9 Å². The number of aromatic nitrogens is 1. The molecule has 9 nitrogen and oxygen atoms in total. The summed E-state index contributed by atoms with van der Waals surface area (Å²) >= 11 is 0. The molecule has 0 saturated carbocycles. The molecule has 9 heteroatoms. The highest BCUT2D eigenvalue weighted by Gasteiger charge is 2.40. The summed E-state index contributed by atoms with van der Waals surface area (Å²) in [4.78, 5) is 51.4. The van der Waals surface area contributed by atoms with Gasteiger partial charge in [0.1, 0.15) is 12.6 Å². The lowest BCUT2D eigenvalue weighted by Gasteiger charge is -2.33. The van der Waals surface area contributed by atoms with E-state index in [1.807, 2.05) is 48.7 Å². The molecule has 0 bridgehead atoms. The summed E-state index contributed by atoms with van der Waals surface area (Å²) in [6, 6.07) is 25.1. The number of benzene rings is 3. The van der Waals surface area contributed by atoms with E-state index < -0.39 is 24.5 Å². The fraction of sp³-hybridized carbons (Fsp3) is 0.226. The van der Waals surface area contributed by atoms with Crippen LogP contribution in [0.3, 0.4) is 0 Å². The molecule has 2 atom stereocenters. The first-order valence-electron chi connectivity index (χ1n) is 13.2. The minimum atomic E-state index is -1.12. The number of para-hydroxylation sites is 1. The fourth-order valence-corrected chi connectivity index (χ4v) is 5.21. The first-order valence-corrected chi connectivity index (χ1v) is 13.2. The second kappa shape index (κ2) is 11.9. The van der Waals surface area contributed by atoms with Crippen LogP contribution < -0.4 is 10.6 Å². The lowest BCUT2D eigenvalue weighted by molar-refractivity contribution is -0.139. The van der Waals surface area contributed by atoms with Crippen molar-refractivity contribution in [3.8, 4) is 0 Å². The predicted octanol–water partition coefficient (Wildman–Crippen LogP) is 3.50. The number of aliphatic carboxylic acids is 1. The van der Waals surface area contributed by atoms with Crippen LogP contribution in [0.5, 0.6) is 0 Å². The molecule has 0 radical (unpaired) electrons. The van der Waals surface area contributed by atoms with E-state index in [0.717, 1.165) is 22.0 Å². The lowest BCUT2D eigenvalue weighted by atomic mass is 10.0. The molecule has 40 heavy (non-hydrogen) atoms. The molecule has 2 unspecified atom stereocenters. The number of nitrogens with one attached hydrogen (secondary N) is 2. The summed E-state index contributed by atoms with van der Waals surface area (Å²) in [6.45, 7) is 0.323. The van der Waals surface area contributed by atoms with Gasteiger partial charge in [-0.2, -0.15) is 0 Å². The maximum Gasteiger partial charge on any atom is 0.322 e. The Morgan fingerprint density at radius 1 is 0.900 bits per heavy atom. The molecule has 3 aromatic carbocycles. The van der Waals surface area contributed by atoms with Gasteiger partial charge in [0.25, 0.3) is 5.91 Å². The largest absolute Gasteiger partial charge is 0.480 e. The van der Waals surface area contributed by atoms with Gasteiger partial charge in [0.15, 0.2) is 0 Å². The Morgan fingerprint density at radius 2 is 1.62 bits per heavy atom. The molecule has 1 fully saturated rings. The molecule has 1 aromatic heterocycles. The Morgan fingerprint density at radius 3 is 2.38 bits per heavy atom. The van der Waals surface area contributed by atoms with Gasteiger partial charge in [0, 0.05) is 36.8 Å². The van der Waals surface area contributed by atoms with E-state index in [2.05, 4.69) is 33.4 Å². The monoisotopic (exact) mass is 538 g/mol. The molecular weight excluding hydrogens is 508 g/mol. The van der Waals surface area contributed by atoms with E-state index in [9.17, 15) is 19.2 Å². The van der Waals surface area contributed by atoms with Crippen molar-refractivity contribution in [1.82, 2.24) is 20.1 Å². The van der Waals surface area contributed by atoms with Crippen LogP contribution in [0.15, 0.2) is 91.1 Å². The topological polar surface area (TPSA) is 121 Å². The van der Waals surface area contributed by atoms with Gasteiger partial charge in [0.05, 0.1) is 6.04 Å². The van der Waals surface area contributed by atoms with Crippen molar-refractivity contribution in [2.45, 2.75) is 38.0 Å². The summed E-state index contributed by atoms with van der Waals surface area (Å²) in [5, 5.41) is 15.2. The number of nitrogens with zero attached hydrogens (tertiary/aromatic N) is 2. The van der Waals surface area contributed by atoms with Gasteiger partial charge in [-0.25, -0.2) is 0 Å². The van der Waals surface area contributed by atoms with Crippen LogP contribution in [-0.2, 0) is 27.5 Å². The fourth-order valence-electron chi connectivity index (χ4n) is 5.21. The highest BCUT2D eigenvalue weighted by molar-refractivity contribution is 5.95. The summed E-state index contributed by atoms with van der Waals surface area (Å²) in [7, 11) is 0. The molecule has 3 N–H and O–H groups in total. The second-order valence-electron chi connectivity index (χ2n) is 9.82. The number of carbonyl (C=O) groups excluding carboxylic acids is 3. The Hall–Kier alpha value is -4.92. The number of carboxylic acids is 1. The zero-order valence-corrected chi connectivity index (χ0v) is 21.8.